The Morgan fingerprint density at radius 2 is 2.14 bits per heavy atom. The summed E-state index contributed by atoms with van der Waals surface area (Å²) in [6, 6.07) is 1.78. The van der Waals surface area contributed by atoms with Gasteiger partial charge >= 0.3 is 0 Å². The van der Waals surface area contributed by atoms with E-state index < -0.39 is 32.2 Å². The molecule has 2 rings (SSSR count). The molecule has 8 heteroatoms. The van der Waals surface area contributed by atoms with Gasteiger partial charge in [0.05, 0.1) is 6.61 Å². The monoisotopic (exact) mass is 320 g/mol. The van der Waals surface area contributed by atoms with Crippen LogP contribution in [-0.2, 0) is 14.8 Å². The van der Waals surface area contributed by atoms with Crippen molar-refractivity contribution in [2.45, 2.75) is 17.7 Å². The lowest BCUT2D eigenvalue weighted by Gasteiger charge is -2.31. The first-order valence-corrected chi connectivity index (χ1v) is 8.04. The van der Waals surface area contributed by atoms with Crippen LogP contribution in [0.5, 0.6) is 0 Å². The average Bonchev–Trinajstić information content (AvgIpc) is 2.45. The Labute approximate surface area is 122 Å². The van der Waals surface area contributed by atoms with Crippen molar-refractivity contribution in [1.82, 2.24) is 4.31 Å². The standard InChI is InChI=1S/C13H18F2N2O3S/c1-20-8-9-3-2-6-17(7-9)21(18,19)11-5-4-10(14)13(16)12(11)15/h4-5,9H,2-3,6-8,16H2,1H3. The Morgan fingerprint density at radius 1 is 1.43 bits per heavy atom. The number of nitrogens with zero attached hydrogens (tertiary/aromatic N) is 1. The summed E-state index contributed by atoms with van der Waals surface area (Å²) < 4.78 is 58.3. The molecule has 0 amide bonds. The van der Waals surface area contributed by atoms with Crippen molar-refractivity contribution in [2.24, 2.45) is 5.92 Å². The van der Waals surface area contributed by atoms with Gasteiger partial charge in [-0.2, -0.15) is 4.31 Å². The maximum atomic E-state index is 14.0. The fraction of sp³-hybridized carbons (Fsp3) is 0.538. The minimum atomic E-state index is -4.03. The lowest BCUT2D eigenvalue weighted by atomic mass is 10.0. The van der Waals surface area contributed by atoms with Crippen molar-refractivity contribution in [3.8, 4) is 0 Å². The molecule has 1 unspecified atom stereocenters. The summed E-state index contributed by atoms with van der Waals surface area (Å²) in [5, 5.41) is 0. The van der Waals surface area contributed by atoms with Gasteiger partial charge in [0.2, 0.25) is 10.0 Å². The molecule has 1 atom stereocenters. The molecule has 5 nitrogen and oxygen atoms in total. The molecule has 118 valence electrons. The molecule has 1 fully saturated rings. The zero-order valence-electron chi connectivity index (χ0n) is 11.7. The Balaban J connectivity index is 2.32. The van der Waals surface area contributed by atoms with E-state index in [1.54, 1.807) is 7.11 Å². The molecule has 0 saturated carbocycles. The van der Waals surface area contributed by atoms with Crippen LogP contribution in [-0.4, -0.2) is 39.5 Å². The van der Waals surface area contributed by atoms with Crippen molar-refractivity contribution in [2.75, 3.05) is 32.5 Å². The van der Waals surface area contributed by atoms with Gasteiger partial charge in [0, 0.05) is 20.2 Å². The highest BCUT2D eigenvalue weighted by atomic mass is 32.2. The summed E-state index contributed by atoms with van der Waals surface area (Å²) in [5.41, 5.74) is 4.45. The Bertz CT molecular complexity index is 620. The summed E-state index contributed by atoms with van der Waals surface area (Å²) in [5.74, 6) is -2.13. The third kappa shape index (κ3) is 3.17. The minimum Gasteiger partial charge on any atom is -0.394 e. The first kappa shape index (κ1) is 16.1. The SMILES string of the molecule is COCC1CCCN(S(=O)(=O)c2ccc(F)c(N)c2F)C1. The Kier molecular flexibility index (Phi) is 4.80. The molecule has 1 aliphatic heterocycles. The van der Waals surface area contributed by atoms with Gasteiger partial charge in [0.25, 0.3) is 0 Å². The van der Waals surface area contributed by atoms with E-state index in [9.17, 15) is 17.2 Å². The second kappa shape index (κ2) is 6.25. The van der Waals surface area contributed by atoms with E-state index in [2.05, 4.69) is 0 Å². The Morgan fingerprint density at radius 3 is 2.81 bits per heavy atom. The van der Waals surface area contributed by atoms with Gasteiger partial charge in [-0.1, -0.05) is 0 Å². The van der Waals surface area contributed by atoms with Crippen molar-refractivity contribution < 1.29 is 21.9 Å². The number of methoxy groups -OCH3 is 1. The molecule has 1 aliphatic rings. The van der Waals surface area contributed by atoms with Gasteiger partial charge in [0.15, 0.2) is 5.82 Å². The summed E-state index contributed by atoms with van der Waals surface area (Å²) in [6.45, 7) is 1.01. The molecule has 2 N–H and O–H groups in total. The fourth-order valence-electron chi connectivity index (χ4n) is 2.50. The van der Waals surface area contributed by atoms with Crippen LogP contribution in [0.1, 0.15) is 12.8 Å². The highest BCUT2D eigenvalue weighted by molar-refractivity contribution is 7.89. The van der Waals surface area contributed by atoms with E-state index in [0.717, 1.165) is 18.6 Å². The molecule has 0 aliphatic carbocycles. The van der Waals surface area contributed by atoms with Crippen molar-refractivity contribution >= 4 is 15.7 Å². The van der Waals surface area contributed by atoms with Crippen molar-refractivity contribution in [3.63, 3.8) is 0 Å². The summed E-state index contributed by atoms with van der Waals surface area (Å²) in [4.78, 5) is -0.584. The highest BCUT2D eigenvalue weighted by Gasteiger charge is 2.33. The van der Waals surface area contributed by atoms with E-state index in [0.29, 0.717) is 19.6 Å². The molecule has 0 spiro atoms. The number of rotatable bonds is 4. The van der Waals surface area contributed by atoms with E-state index in [1.165, 1.54) is 4.31 Å². The van der Waals surface area contributed by atoms with Crippen LogP contribution in [0.4, 0.5) is 14.5 Å². The number of halogens is 2. The quantitative estimate of drug-likeness (QED) is 0.855. The molecule has 0 radical (unpaired) electrons. The zero-order valence-corrected chi connectivity index (χ0v) is 12.5. The van der Waals surface area contributed by atoms with Gasteiger partial charge in [-0.25, -0.2) is 17.2 Å². The minimum absolute atomic E-state index is 0.0689. The predicted molar refractivity (Wildman–Crippen MR) is 74.1 cm³/mol. The van der Waals surface area contributed by atoms with E-state index in [4.69, 9.17) is 10.5 Å². The number of hydrogen-bond donors (Lipinski definition) is 1. The molecule has 21 heavy (non-hydrogen) atoms. The van der Waals surface area contributed by atoms with Gasteiger partial charge in [-0.3, -0.25) is 0 Å². The molecule has 0 aromatic heterocycles. The first-order chi connectivity index (χ1) is 9.87. The van der Waals surface area contributed by atoms with Crippen LogP contribution in [0.3, 0.4) is 0 Å². The van der Waals surface area contributed by atoms with Crippen LogP contribution in [0.2, 0.25) is 0 Å². The summed E-state index contributed by atoms with van der Waals surface area (Å²) in [7, 11) is -2.48. The molecule has 1 heterocycles. The van der Waals surface area contributed by atoms with Gasteiger partial charge in [-0.15, -0.1) is 0 Å². The third-order valence-corrected chi connectivity index (χ3v) is 5.48. The lowest BCUT2D eigenvalue weighted by molar-refractivity contribution is 0.118. The topological polar surface area (TPSA) is 72.6 Å². The molecule has 0 bridgehead atoms. The number of hydrogen-bond acceptors (Lipinski definition) is 4. The van der Waals surface area contributed by atoms with Crippen molar-refractivity contribution in [3.05, 3.63) is 23.8 Å². The van der Waals surface area contributed by atoms with Crippen LogP contribution in [0.25, 0.3) is 0 Å². The summed E-state index contributed by atoms with van der Waals surface area (Å²) in [6.07, 6.45) is 1.53. The third-order valence-electron chi connectivity index (χ3n) is 3.59. The normalized spacial score (nSPS) is 20.6. The molecule has 1 aromatic carbocycles. The number of ether oxygens (including phenoxy) is 1. The average molecular weight is 320 g/mol. The Hall–Kier alpha value is -1.25. The maximum Gasteiger partial charge on any atom is 0.246 e. The molecular weight excluding hydrogens is 302 g/mol. The van der Waals surface area contributed by atoms with E-state index in [1.807, 2.05) is 0 Å². The van der Waals surface area contributed by atoms with E-state index >= 15 is 0 Å². The number of nitrogens with two attached hydrogens (primary N) is 1. The van der Waals surface area contributed by atoms with Crippen LogP contribution in [0, 0.1) is 17.6 Å². The number of anilines is 1. The van der Waals surface area contributed by atoms with Crippen LogP contribution in [0.15, 0.2) is 17.0 Å². The lowest BCUT2D eigenvalue weighted by Crippen LogP contribution is -2.41. The van der Waals surface area contributed by atoms with E-state index in [-0.39, 0.29) is 12.5 Å². The van der Waals surface area contributed by atoms with Gasteiger partial charge in [-0.05, 0) is 30.9 Å². The van der Waals surface area contributed by atoms with Crippen LogP contribution < -0.4 is 5.73 Å². The largest absolute Gasteiger partial charge is 0.394 e. The smallest absolute Gasteiger partial charge is 0.246 e. The predicted octanol–water partition coefficient (Wildman–Crippen LogP) is 1.59. The number of benzene rings is 1. The maximum absolute atomic E-state index is 14.0. The second-order valence-corrected chi connectivity index (χ2v) is 7.01. The van der Waals surface area contributed by atoms with Crippen LogP contribution >= 0.6 is 0 Å². The summed E-state index contributed by atoms with van der Waals surface area (Å²) >= 11 is 0. The van der Waals surface area contributed by atoms with Crippen molar-refractivity contribution in [1.29, 1.82) is 0 Å². The number of nitrogen functional groups attached to an aromatic ring is 1. The number of piperidine rings is 1. The highest BCUT2D eigenvalue weighted by Crippen LogP contribution is 2.28. The van der Waals surface area contributed by atoms with Gasteiger partial charge in [0.1, 0.15) is 16.4 Å². The molecular formula is C13H18F2N2O3S. The first-order valence-electron chi connectivity index (χ1n) is 6.60. The zero-order chi connectivity index (χ0) is 15.6. The van der Waals surface area contributed by atoms with Gasteiger partial charge < -0.3 is 10.5 Å². The second-order valence-electron chi connectivity index (χ2n) is 5.10. The molecule has 1 aromatic rings. The molecule has 1 saturated heterocycles. The fourth-order valence-corrected chi connectivity index (χ4v) is 4.14. The number of sulfonamides is 1.